The fourth-order valence-electron chi connectivity index (χ4n) is 3.83. The Morgan fingerprint density at radius 3 is 2.45 bits per heavy atom. The molecular formula is C27H24N4O2. The van der Waals surface area contributed by atoms with Crippen LogP contribution in [-0.4, -0.2) is 36.5 Å². The molecule has 33 heavy (non-hydrogen) atoms. The molecule has 3 aromatic rings. The summed E-state index contributed by atoms with van der Waals surface area (Å²) in [4.78, 5) is 31.1. The highest BCUT2D eigenvalue weighted by molar-refractivity contribution is 6.24. The van der Waals surface area contributed by atoms with Crippen molar-refractivity contribution in [2.75, 3.05) is 19.4 Å². The summed E-state index contributed by atoms with van der Waals surface area (Å²) in [5.41, 5.74) is 10.7. The van der Waals surface area contributed by atoms with Crippen LogP contribution in [0.3, 0.4) is 0 Å². The molecule has 6 heteroatoms. The van der Waals surface area contributed by atoms with Gasteiger partial charge in [0.2, 0.25) is 5.91 Å². The zero-order valence-electron chi connectivity index (χ0n) is 18.5. The van der Waals surface area contributed by atoms with Gasteiger partial charge in [0.1, 0.15) is 5.92 Å². The van der Waals surface area contributed by atoms with E-state index in [0.29, 0.717) is 17.0 Å². The van der Waals surface area contributed by atoms with Gasteiger partial charge in [-0.2, -0.15) is 0 Å². The number of hydrogen-bond donors (Lipinski definition) is 2. The Kier molecular flexibility index (Phi) is 6.34. The molecule has 0 aliphatic carbocycles. The second kappa shape index (κ2) is 9.51. The summed E-state index contributed by atoms with van der Waals surface area (Å²) in [6, 6.07) is 23.1. The lowest BCUT2D eigenvalue weighted by atomic mass is 9.90. The molecule has 3 aromatic carbocycles. The Bertz CT molecular complexity index is 1280. The zero-order chi connectivity index (χ0) is 23.4. The third-order valence-electron chi connectivity index (χ3n) is 5.24. The third kappa shape index (κ3) is 5.17. The summed E-state index contributed by atoms with van der Waals surface area (Å²) in [5, 5.41) is 2.93. The number of amides is 2. The van der Waals surface area contributed by atoms with Gasteiger partial charge in [-0.05, 0) is 61.0 Å². The maximum atomic E-state index is 13.1. The summed E-state index contributed by atoms with van der Waals surface area (Å²) in [7, 11) is 4.06. The molecule has 6 nitrogen and oxygen atoms in total. The van der Waals surface area contributed by atoms with Crippen molar-refractivity contribution >= 4 is 28.9 Å². The van der Waals surface area contributed by atoms with E-state index in [-0.39, 0.29) is 5.91 Å². The van der Waals surface area contributed by atoms with Crippen LogP contribution in [-0.2, 0) is 16.1 Å². The van der Waals surface area contributed by atoms with Crippen molar-refractivity contribution in [1.82, 2.24) is 4.90 Å². The molecule has 2 amide bonds. The second-order valence-electron chi connectivity index (χ2n) is 8.11. The van der Waals surface area contributed by atoms with Crippen LogP contribution in [0.2, 0.25) is 0 Å². The predicted molar refractivity (Wildman–Crippen MR) is 130 cm³/mol. The summed E-state index contributed by atoms with van der Waals surface area (Å²) >= 11 is 0. The number of rotatable bonds is 5. The highest BCUT2D eigenvalue weighted by atomic mass is 16.2. The van der Waals surface area contributed by atoms with Crippen LogP contribution in [0.4, 0.5) is 11.4 Å². The van der Waals surface area contributed by atoms with Gasteiger partial charge in [0.15, 0.2) is 0 Å². The molecule has 1 aliphatic rings. The van der Waals surface area contributed by atoms with Crippen LogP contribution in [0.15, 0.2) is 77.8 Å². The van der Waals surface area contributed by atoms with Crippen LogP contribution in [0.25, 0.3) is 0 Å². The van der Waals surface area contributed by atoms with E-state index in [1.165, 1.54) is 5.56 Å². The van der Waals surface area contributed by atoms with Gasteiger partial charge in [-0.15, -0.1) is 0 Å². The number of aliphatic imine (C=N–C) groups is 1. The molecule has 4 rings (SSSR count). The smallest absolute Gasteiger partial charge is 0.293 e. The average Bonchev–Trinajstić information content (AvgIpc) is 3.12. The molecule has 1 unspecified atom stereocenters. The molecule has 164 valence electrons. The van der Waals surface area contributed by atoms with E-state index in [0.717, 1.165) is 23.4 Å². The van der Waals surface area contributed by atoms with E-state index in [9.17, 15) is 9.59 Å². The predicted octanol–water partition coefficient (Wildman–Crippen LogP) is 3.44. The van der Waals surface area contributed by atoms with Crippen molar-refractivity contribution in [3.63, 3.8) is 0 Å². The highest BCUT2D eigenvalue weighted by Crippen LogP contribution is 2.36. The molecule has 1 aliphatic heterocycles. The van der Waals surface area contributed by atoms with E-state index in [2.05, 4.69) is 22.1 Å². The summed E-state index contributed by atoms with van der Waals surface area (Å²) in [5.74, 6) is 3.61. The minimum atomic E-state index is -0.701. The number of fused-ring (bicyclic) bond motifs is 1. The topological polar surface area (TPSA) is 87.8 Å². The maximum Gasteiger partial charge on any atom is 0.293 e. The van der Waals surface area contributed by atoms with Gasteiger partial charge in [-0.25, -0.2) is 0 Å². The van der Waals surface area contributed by atoms with Crippen molar-refractivity contribution in [3.8, 4) is 11.8 Å². The summed E-state index contributed by atoms with van der Waals surface area (Å²) < 4.78 is 0. The number of carbonyl (C=O) groups excluding carboxylic acids is 2. The highest BCUT2D eigenvalue weighted by Gasteiger charge is 2.35. The van der Waals surface area contributed by atoms with Crippen molar-refractivity contribution in [2.45, 2.75) is 12.5 Å². The minimum Gasteiger partial charge on any atom is -0.359 e. The molecule has 1 heterocycles. The van der Waals surface area contributed by atoms with E-state index < -0.39 is 11.8 Å². The lowest BCUT2D eigenvalue weighted by Crippen LogP contribution is -2.21. The lowest BCUT2D eigenvalue weighted by molar-refractivity contribution is -0.115. The summed E-state index contributed by atoms with van der Waals surface area (Å²) in [6.45, 7) is 0.842. The Balaban J connectivity index is 1.75. The van der Waals surface area contributed by atoms with Crippen molar-refractivity contribution in [1.29, 1.82) is 0 Å². The number of nitrogens with zero attached hydrogens (tertiary/aromatic N) is 2. The largest absolute Gasteiger partial charge is 0.359 e. The molecule has 0 radical (unpaired) electrons. The van der Waals surface area contributed by atoms with Crippen molar-refractivity contribution < 1.29 is 9.59 Å². The first-order valence-corrected chi connectivity index (χ1v) is 10.5. The monoisotopic (exact) mass is 436 g/mol. The maximum absolute atomic E-state index is 13.1. The summed E-state index contributed by atoms with van der Waals surface area (Å²) in [6.07, 6.45) is 0. The fourth-order valence-corrected chi connectivity index (χ4v) is 3.83. The lowest BCUT2D eigenvalue weighted by Gasteiger charge is -2.14. The van der Waals surface area contributed by atoms with Gasteiger partial charge in [0.05, 0.1) is 11.4 Å². The molecule has 0 saturated carbocycles. The standard InChI is InChI=1S/C27H24N4O2/c1-31(2)17-19-8-12-21(13-9-19)29-26(20-6-4-3-5-7-20)25-22-14-10-18(11-15-24(28)32)16-23(22)30-27(25)33/h3-10,12-14,16,25H,17H2,1-2H3,(H2,28,32)(H,30,33). The molecular weight excluding hydrogens is 412 g/mol. The van der Waals surface area contributed by atoms with Crippen LogP contribution in [0, 0.1) is 11.8 Å². The first-order valence-electron chi connectivity index (χ1n) is 10.5. The Morgan fingerprint density at radius 1 is 1.06 bits per heavy atom. The molecule has 0 saturated heterocycles. The first kappa shape index (κ1) is 22.0. The van der Waals surface area contributed by atoms with Crippen LogP contribution in [0.5, 0.6) is 0 Å². The normalized spacial score (nSPS) is 14.9. The fraction of sp³-hybridized carbons (Fsp3) is 0.148. The SMILES string of the molecule is CN(C)Cc1ccc(N=C(c2ccccc2)C2C(=O)Nc3cc(C#CC(N)=O)ccc32)cc1. The van der Waals surface area contributed by atoms with Gasteiger partial charge in [0.25, 0.3) is 5.91 Å². The zero-order valence-corrected chi connectivity index (χ0v) is 18.5. The van der Waals surface area contributed by atoms with Crippen molar-refractivity contribution in [2.24, 2.45) is 10.7 Å². The number of nitrogens with one attached hydrogen (secondary N) is 1. The molecule has 3 N–H and O–H groups in total. The number of nitrogens with two attached hydrogens (primary N) is 1. The molecule has 1 atom stereocenters. The van der Waals surface area contributed by atoms with Crippen LogP contribution in [0.1, 0.15) is 28.2 Å². The van der Waals surface area contributed by atoms with Gasteiger partial charge >= 0.3 is 0 Å². The van der Waals surface area contributed by atoms with E-state index in [1.54, 1.807) is 12.1 Å². The van der Waals surface area contributed by atoms with E-state index in [4.69, 9.17) is 10.7 Å². The van der Waals surface area contributed by atoms with Crippen LogP contribution >= 0.6 is 0 Å². The number of hydrogen-bond acceptors (Lipinski definition) is 4. The Hall–Kier alpha value is -4.21. The Morgan fingerprint density at radius 2 is 1.79 bits per heavy atom. The van der Waals surface area contributed by atoms with E-state index >= 15 is 0 Å². The Labute approximate surface area is 193 Å². The van der Waals surface area contributed by atoms with Gasteiger partial charge < -0.3 is 16.0 Å². The number of carbonyl (C=O) groups is 2. The number of anilines is 1. The van der Waals surface area contributed by atoms with E-state index in [1.807, 2.05) is 74.8 Å². The molecule has 0 bridgehead atoms. The molecule has 0 fully saturated rings. The number of benzene rings is 3. The van der Waals surface area contributed by atoms with Crippen LogP contribution < -0.4 is 11.1 Å². The average molecular weight is 437 g/mol. The third-order valence-corrected chi connectivity index (χ3v) is 5.24. The van der Waals surface area contributed by atoms with Gasteiger partial charge in [-0.1, -0.05) is 54.5 Å². The van der Waals surface area contributed by atoms with Gasteiger partial charge in [0, 0.05) is 17.8 Å². The quantitative estimate of drug-likeness (QED) is 0.474. The number of primary amides is 1. The van der Waals surface area contributed by atoms with Gasteiger partial charge in [-0.3, -0.25) is 14.6 Å². The molecule has 0 aromatic heterocycles. The first-order chi connectivity index (χ1) is 15.9. The van der Waals surface area contributed by atoms with Crippen molar-refractivity contribution in [3.05, 3.63) is 95.1 Å². The second-order valence-corrected chi connectivity index (χ2v) is 8.11. The minimum absolute atomic E-state index is 0.156. The molecule has 0 spiro atoms.